The molecule has 0 atom stereocenters. The highest BCUT2D eigenvalue weighted by Crippen LogP contribution is 2.30. The molecule has 2 aromatic rings. The van der Waals surface area contributed by atoms with Crippen LogP contribution in [0.25, 0.3) is 0 Å². The first-order valence-electron chi connectivity index (χ1n) is 8.33. The number of carbonyl (C=O) groups is 2. The number of hydrogen-bond acceptors (Lipinski definition) is 6. The molecule has 0 unspecified atom stereocenters. The third kappa shape index (κ3) is 5.52. The second-order valence-electron chi connectivity index (χ2n) is 5.59. The molecule has 0 aromatic heterocycles. The minimum Gasteiger partial charge on any atom is -0.492 e. The fraction of sp³-hybridized carbons (Fsp3) is 0.263. The van der Waals surface area contributed by atoms with Gasteiger partial charge in [-0.1, -0.05) is 11.6 Å². The minimum absolute atomic E-state index is 0.281. The summed E-state index contributed by atoms with van der Waals surface area (Å²) in [5, 5.41) is 3.23. The summed E-state index contributed by atoms with van der Waals surface area (Å²) in [6.45, 7) is 1.07. The van der Waals surface area contributed by atoms with Crippen molar-refractivity contribution < 1.29 is 28.5 Å². The normalized spacial score (nSPS) is 12.2. The summed E-state index contributed by atoms with van der Waals surface area (Å²) in [4.78, 5) is 23.8. The molecular weight excluding hydrogens is 374 g/mol. The van der Waals surface area contributed by atoms with Crippen LogP contribution in [0.15, 0.2) is 42.5 Å². The van der Waals surface area contributed by atoms with Crippen molar-refractivity contribution in [1.82, 2.24) is 5.32 Å². The third-order valence-corrected chi connectivity index (χ3v) is 3.87. The highest BCUT2D eigenvalue weighted by atomic mass is 35.5. The lowest BCUT2D eigenvalue weighted by Crippen LogP contribution is -2.32. The standard InChI is InChI=1S/C19H18ClNO6/c20-14-2-4-15(5-3-14)24-8-7-21-18(22)12-27-19(23)13-1-6-16-17(11-13)26-10-9-25-16/h1-6,11H,7-10,12H2,(H,21,22). The van der Waals surface area contributed by atoms with Crippen molar-refractivity contribution in [2.45, 2.75) is 0 Å². The number of carbonyl (C=O) groups excluding carboxylic acids is 2. The molecule has 7 nitrogen and oxygen atoms in total. The Balaban J connectivity index is 1.37. The van der Waals surface area contributed by atoms with Gasteiger partial charge in [-0.3, -0.25) is 4.79 Å². The van der Waals surface area contributed by atoms with Crippen molar-refractivity contribution in [1.29, 1.82) is 0 Å². The molecule has 2 aromatic carbocycles. The number of hydrogen-bond donors (Lipinski definition) is 1. The second kappa shape index (κ2) is 9.14. The lowest BCUT2D eigenvalue weighted by Gasteiger charge is -2.18. The third-order valence-electron chi connectivity index (χ3n) is 3.62. The SMILES string of the molecule is O=C(COC(=O)c1ccc2c(c1)OCCO2)NCCOc1ccc(Cl)cc1. The number of nitrogens with one attached hydrogen (secondary N) is 1. The molecule has 1 amide bonds. The van der Waals surface area contributed by atoms with Gasteiger partial charge in [-0.25, -0.2) is 4.79 Å². The van der Waals surface area contributed by atoms with Gasteiger partial charge in [0.2, 0.25) is 0 Å². The summed E-state index contributed by atoms with van der Waals surface area (Å²) in [6, 6.07) is 11.6. The van der Waals surface area contributed by atoms with Gasteiger partial charge >= 0.3 is 5.97 Å². The van der Waals surface area contributed by atoms with Gasteiger partial charge in [-0.15, -0.1) is 0 Å². The van der Waals surface area contributed by atoms with Crippen molar-refractivity contribution in [3.05, 3.63) is 53.1 Å². The molecule has 1 aliphatic rings. The van der Waals surface area contributed by atoms with Gasteiger partial charge in [-0.2, -0.15) is 0 Å². The van der Waals surface area contributed by atoms with E-state index in [4.69, 9.17) is 30.5 Å². The minimum atomic E-state index is -0.612. The molecule has 0 spiro atoms. The molecular formula is C19H18ClNO6. The van der Waals surface area contributed by atoms with E-state index in [-0.39, 0.29) is 25.3 Å². The molecule has 3 rings (SSSR count). The maximum atomic E-state index is 12.0. The van der Waals surface area contributed by atoms with Crippen LogP contribution >= 0.6 is 11.6 Å². The molecule has 0 radical (unpaired) electrons. The van der Waals surface area contributed by atoms with Crippen molar-refractivity contribution in [2.75, 3.05) is 33.0 Å². The van der Waals surface area contributed by atoms with Crippen LogP contribution in [-0.4, -0.2) is 44.8 Å². The predicted molar refractivity (Wildman–Crippen MR) is 97.7 cm³/mol. The van der Waals surface area contributed by atoms with Crippen LogP contribution in [0, 0.1) is 0 Å². The molecule has 0 saturated heterocycles. The van der Waals surface area contributed by atoms with Crippen molar-refractivity contribution in [3.63, 3.8) is 0 Å². The van der Waals surface area contributed by atoms with Gasteiger partial charge < -0.3 is 24.3 Å². The average Bonchev–Trinajstić information content (AvgIpc) is 2.70. The van der Waals surface area contributed by atoms with E-state index in [9.17, 15) is 9.59 Å². The number of halogens is 1. The Labute approximate surface area is 161 Å². The average molecular weight is 392 g/mol. The van der Waals surface area contributed by atoms with Gasteiger partial charge in [0.15, 0.2) is 18.1 Å². The smallest absolute Gasteiger partial charge is 0.338 e. The molecule has 1 N–H and O–H groups in total. The maximum absolute atomic E-state index is 12.0. The van der Waals surface area contributed by atoms with Crippen LogP contribution in [0.2, 0.25) is 5.02 Å². The Bertz CT molecular complexity index is 808. The Morgan fingerprint density at radius 3 is 2.56 bits per heavy atom. The van der Waals surface area contributed by atoms with Gasteiger partial charge in [0.05, 0.1) is 12.1 Å². The Morgan fingerprint density at radius 1 is 1.04 bits per heavy atom. The zero-order valence-corrected chi connectivity index (χ0v) is 15.2. The quantitative estimate of drug-likeness (QED) is 0.576. The lowest BCUT2D eigenvalue weighted by atomic mass is 10.2. The van der Waals surface area contributed by atoms with Gasteiger partial charge in [0.1, 0.15) is 25.6 Å². The molecule has 1 heterocycles. The van der Waals surface area contributed by atoms with E-state index in [0.717, 1.165) is 0 Å². The van der Waals surface area contributed by atoms with E-state index < -0.39 is 11.9 Å². The monoisotopic (exact) mass is 391 g/mol. The molecule has 142 valence electrons. The summed E-state index contributed by atoms with van der Waals surface area (Å²) in [6.07, 6.45) is 0. The van der Waals surface area contributed by atoms with E-state index in [2.05, 4.69) is 5.32 Å². The summed E-state index contributed by atoms with van der Waals surface area (Å²) < 4.78 is 21.3. The number of benzene rings is 2. The maximum Gasteiger partial charge on any atom is 0.338 e. The topological polar surface area (TPSA) is 83.1 Å². The first kappa shape index (κ1) is 18.8. The van der Waals surface area contributed by atoms with Crippen LogP contribution in [0.4, 0.5) is 0 Å². The van der Waals surface area contributed by atoms with E-state index in [1.807, 2.05) is 0 Å². The number of esters is 1. The molecule has 0 saturated carbocycles. The fourth-order valence-electron chi connectivity index (χ4n) is 2.33. The van der Waals surface area contributed by atoms with Crippen LogP contribution in [0.5, 0.6) is 17.2 Å². The highest BCUT2D eigenvalue weighted by Gasteiger charge is 2.16. The lowest BCUT2D eigenvalue weighted by molar-refractivity contribution is -0.124. The van der Waals surface area contributed by atoms with Crippen LogP contribution in [0.3, 0.4) is 0 Å². The van der Waals surface area contributed by atoms with Crippen molar-refractivity contribution in [3.8, 4) is 17.2 Å². The van der Waals surface area contributed by atoms with E-state index in [0.29, 0.717) is 35.5 Å². The molecule has 1 aliphatic heterocycles. The Hall–Kier alpha value is -2.93. The summed E-state index contributed by atoms with van der Waals surface area (Å²) >= 11 is 5.79. The van der Waals surface area contributed by atoms with Crippen LogP contribution in [0.1, 0.15) is 10.4 Å². The van der Waals surface area contributed by atoms with E-state index >= 15 is 0 Å². The zero-order valence-electron chi connectivity index (χ0n) is 14.4. The van der Waals surface area contributed by atoms with Crippen molar-refractivity contribution in [2.24, 2.45) is 0 Å². The molecule has 0 aliphatic carbocycles. The fourth-order valence-corrected chi connectivity index (χ4v) is 2.45. The highest BCUT2D eigenvalue weighted by molar-refractivity contribution is 6.30. The number of rotatable bonds is 7. The molecule has 8 heteroatoms. The Kier molecular flexibility index (Phi) is 6.38. The van der Waals surface area contributed by atoms with Crippen LogP contribution < -0.4 is 19.5 Å². The second-order valence-corrected chi connectivity index (χ2v) is 6.02. The number of ether oxygens (including phenoxy) is 4. The first-order valence-corrected chi connectivity index (χ1v) is 8.71. The first-order chi connectivity index (χ1) is 13.1. The van der Waals surface area contributed by atoms with Crippen LogP contribution in [-0.2, 0) is 9.53 Å². The largest absolute Gasteiger partial charge is 0.492 e. The number of amides is 1. The van der Waals surface area contributed by atoms with Crippen molar-refractivity contribution >= 4 is 23.5 Å². The Morgan fingerprint density at radius 2 is 1.78 bits per heavy atom. The zero-order chi connectivity index (χ0) is 19.1. The van der Waals surface area contributed by atoms with E-state index in [1.165, 1.54) is 6.07 Å². The number of fused-ring (bicyclic) bond motifs is 1. The molecule has 27 heavy (non-hydrogen) atoms. The predicted octanol–water partition coefficient (Wildman–Crippen LogP) is 2.46. The molecule has 0 fully saturated rings. The summed E-state index contributed by atoms with van der Waals surface area (Å²) in [7, 11) is 0. The summed E-state index contributed by atoms with van der Waals surface area (Å²) in [5.74, 6) is 0.689. The van der Waals surface area contributed by atoms with Gasteiger partial charge in [0.25, 0.3) is 5.91 Å². The van der Waals surface area contributed by atoms with E-state index in [1.54, 1.807) is 36.4 Å². The summed E-state index contributed by atoms with van der Waals surface area (Å²) in [5.41, 5.74) is 0.290. The van der Waals surface area contributed by atoms with Gasteiger partial charge in [-0.05, 0) is 42.5 Å². The molecule has 0 bridgehead atoms. The van der Waals surface area contributed by atoms with Gasteiger partial charge in [0, 0.05) is 5.02 Å².